The highest BCUT2D eigenvalue weighted by Gasteiger charge is 2.47. The number of rotatable bonds is 5. The van der Waals surface area contributed by atoms with Crippen LogP contribution in [0.5, 0.6) is 5.75 Å². The first-order valence-corrected chi connectivity index (χ1v) is 11.6. The number of methoxy groups -OCH3 is 2. The van der Waals surface area contributed by atoms with E-state index in [9.17, 15) is 19.5 Å². The van der Waals surface area contributed by atoms with Crippen molar-refractivity contribution in [3.05, 3.63) is 113 Å². The van der Waals surface area contributed by atoms with Crippen molar-refractivity contribution in [2.45, 2.75) is 6.04 Å². The van der Waals surface area contributed by atoms with Gasteiger partial charge in [-0.1, -0.05) is 54.6 Å². The molecular weight excluding hydrogens is 470 g/mol. The maximum atomic E-state index is 13.5. The Bertz CT molecular complexity index is 1550. The summed E-state index contributed by atoms with van der Waals surface area (Å²) < 4.78 is 10.0. The van der Waals surface area contributed by atoms with Gasteiger partial charge in [-0.2, -0.15) is 0 Å². The van der Waals surface area contributed by atoms with Gasteiger partial charge in [-0.15, -0.1) is 0 Å². The van der Waals surface area contributed by atoms with Gasteiger partial charge in [-0.05, 0) is 52.7 Å². The molecule has 0 radical (unpaired) electrons. The summed E-state index contributed by atoms with van der Waals surface area (Å²) in [4.78, 5) is 40.1. The Kier molecular flexibility index (Phi) is 6.19. The zero-order chi connectivity index (χ0) is 26.1. The second-order valence-electron chi connectivity index (χ2n) is 8.51. The van der Waals surface area contributed by atoms with Crippen LogP contribution in [0.3, 0.4) is 0 Å². The first-order chi connectivity index (χ1) is 17.9. The molecule has 0 saturated carbocycles. The molecule has 1 saturated heterocycles. The number of ketones is 1. The van der Waals surface area contributed by atoms with Gasteiger partial charge in [0.2, 0.25) is 0 Å². The number of carbonyl (C=O) groups is 3. The minimum Gasteiger partial charge on any atom is -0.507 e. The van der Waals surface area contributed by atoms with Crippen molar-refractivity contribution in [3.8, 4) is 5.75 Å². The van der Waals surface area contributed by atoms with Crippen molar-refractivity contribution in [2.75, 3.05) is 19.1 Å². The van der Waals surface area contributed by atoms with Gasteiger partial charge >= 0.3 is 5.97 Å². The average molecular weight is 494 g/mol. The van der Waals surface area contributed by atoms with Gasteiger partial charge in [-0.3, -0.25) is 14.5 Å². The van der Waals surface area contributed by atoms with Crippen LogP contribution in [0.15, 0.2) is 96.6 Å². The van der Waals surface area contributed by atoms with Crippen LogP contribution in [0.4, 0.5) is 5.69 Å². The Labute approximate surface area is 213 Å². The molecule has 1 aliphatic rings. The molecule has 1 N–H and O–H groups in total. The van der Waals surface area contributed by atoms with Crippen molar-refractivity contribution in [2.24, 2.45) is 0 Å². The van der Waals surface area contributed by atoms with E-state index < -0.39 is 23.7 Å². The van der Waals surface area contributed by atoms with Crippen LogP contribution in [-0.2, 0) is 14.3 Å². The van der Waals surface area contributed by atoms with E-state index in [0.717, 1.165) is 10.8 Å². The van der Waals surface area contributed by atoms with Crippen LogP contribution < -0.4 is 9.64 Å². The standard InChI is InChI=1S/C30H23NO6/c1-36-22-16-12-19(13-17-22)26-25(27(32)24-9-5-7-18-6-3-4-8-23(18)24)28(33)29(34)31(26)21-14-10-20(11-15-21)30(35)37-2/h3-17,26,32H,1-2H3/b27-25-. The number of fused-ring (bicyclic) bond motifs is 1. The molecule has 5 rings (SSSR count). The normalized spacial score (nSPS) is 16.7. The van der Waals surface area contributed by atoms with E-state index in [2.05, 4.69) is 0 Å². The quantitative estimate of drug-likeness (QED) is 0.176. The largest absolute Gasteiger partial charge is 0.507 e. The number of hydrogen-bond acceptors (Lipinski definition) is 6. The van der Waals surface area contributed by atoms with Crippen molar-refractivity contribution in [3.63, 3.8) is 0 Å². The fourth-order valence-electron chi connectivity index (χ4n) is 4.65. The number of Topliss-reactive ketones (excluding diaryl/α,β-unsaturated/α-hetero) is 1. The Balaban J connectivity index is 1.71. The molecule has 0 aromatic heterocycles. The summed E-state index contributed by atoms with van der Waals surface area (Å²) in [6.45, 7) is 0. The van der Waals surface area contributed by atoms with Crippen molar-refractivity contribution >= 4 is 39.9 Å². The second-order valence-corrected chi connectivity index (χ2v) is 8.51. The molecule has 0 spiro atoms. The highest BCUT2D eigenvalue weighted by molar-refractivity contribution is 6.51. The lowest BCUT2D eigenvalue weighted by molar-refractivity contribution is -0.132. The molecule has 1 heterocycles. The highest BCUT2D eigenvalue weighted by Crippen LogP contribution is 2.43. The lowest BCUT2D eigenvalue weighted by Crippen LogP contribution is -2.29. The van der Waals surface area contributed by atoms with Crippen molar-refractivity contribution in [1.82, 2.24) is 0 Å². The summed E-state index contributed by atoms with van der Waals surface area (Å²) in [6, 6.07) is 25.2. The number of anilines is 1. The van der Waals surface area contributed by atoms with E-state index in [-0.39, 0.29) is 11.3 Å². The first-order valence-electron chi connectivity index (χ1n) is 11.6. The minimum absolute atomic E-state index is 0.0245. The van der Waals surface area contributed by atoms with Crippen LogP contribution in [0, 0.1) is 0 Å². The van der Waals surface area contributed by atoms with Crippen LogP contribution in [0.25, 0.3) is 16.5 Å². The summed E-state index contributed by atoms with van der Waals surface area (Å²) in [5.41, 5.74) is 1.74. The SMILES string of the molecule is COC(=O)c1ccc(N2C(=O)C(=O)/C(=C(\O)c3cccc4ccccc34)C2c2ccc(OC)cc2)cc1. The molecule has 37 heavy (non-hydrogen) atoms. The van der Waals surface area contributed by atoms with Gasteiger partial charge in [0.25, 0.3) is 11.7 Å². The molecule has 0 aliphatic carbocycles. The molecule has 1 amide bonds. The third kappa shape index (κ3) is 4.10. The Morgan fingerprint density at radius 1 is 0.838 bits per heavy atom. The number of nitrogens with zero attached hydrogens (tertiary/aromatic N) is 1. The molecule has 4 aromatic carbocycles. The lowest BCUT2D eigenvalue weighted by Gasteiger charge is -2.26. The van der Waals surface area contributed by atoms with E-state index in [1.54, 1.807) is 55.6 Å². The van der Waals surface area contributed by atoms with E-state index in [0.29, 0.717) is 28.1 Å². The minimum atomic E-state index is -0.908. The zero-order valence-electron chi connectivity index (χ0n) is 20.2. The van der Waals surface area contributed by atoms with Crippen molar-refractivity contribution in [1.29, 1.82) is 0 Å². The molecule has 1 unspecified atom stereocenters. The first kappa shape index (κ1) is 23.8. The number of amides is 1. The van der Waals surface area contributed by atoms with Crippen molar-refractivity contribution < 1.29 is 29.0 Å². The van der Waals surface area contributed by atoms with Gasteiger partial charge in [0.15, 0.2) is 0 Å². The third-order valence-corrected chi connectivity index (χ3v) is 6.49. The summed E-state index contributed by atoms with van der Waals surface area (Å²) >= 11 is 0. The number of hydrogen-bond donors (Lipinski definition) is 1. The molecule has 0 bridgehead atoms. The summed E-state index contributed by atoms with van der Waals surface area (Å²) in [5.74, 6) is -1.75. The maximum absolute atomic E-state index is 13.5. The molecule has 1 fully saturated rings. The predicted molar refractivity (Wildman–Crippen MR) is 140 cm³/mol. The van der Waals surface area contributed by atoms with Crippen LogP contribution in [0.1, 0.15) is 27.5 Å². The van der Waals surface area contributed by atoms with E-state index in [1.807, 2.05) is 30.3 Å². The smallest absolute Gasteiger partial charge is 0.337 e. The van der Waals surface area contributed by atoms with Gasteiger partial charge in [0, 0.05) is 11.3 Å². The zero-order valence-corrected chi connectivity index (χ0v) is 20.2. The molecule has 7 nitrogen and oxygen atoms in total. The molecule has 184 valence electrons. The molecular formula is C30H23NO6. The lowest BCUT2D eigenvalue weighted by atomic mass is 9.93. The number of aliphatic hydroxyl groups is 1. The maximum Gasteiger partial charge on any atom is 0.337 e. The van der Waals surface area contributed by atoms with Gasteiger partial charge < -0.3 is 14.6 Å². The van der Waals surface area contributed by atoms with E-state index in [1.165, 1.54) is 24.1 Å². The Hall–Kier alpha value is -4.91. The molecule has 4 aromatic rings. The number of ether oxygens (including phenoxy) is 2. The van der Waals surface area contributed by atoms with E-state index in [4.69, 9.17) is 9.47 Å². The van der Waals surface area contributed by atoms with Crippen LogP contribution >= 0.6 is 0 Å². The van der Waals surface area contributed by atoms with Crippen LogP contribution in [0.2, 0.25) is 0 Å². The van der Waals surface area contributed by atoms with Gasteiger partial charge in [0.05, 0.1) is 31.4 Å². The van der Waals surface area contributed by atoms with Gasteiger partial charge in [-0.25, -0.2) is 4.79 Å². The topological polar surface area (TPSA) is 93.1 Å². The number of carbonyl (C=O) groups excluding carboxylic acids is 3. The average Bonchev–Trinajstić information content (AvgIpc) is 3.22. The predicted octanol–water partition coefficient (Wildman–Crippen LogP) is 5.26. The highest BCUT2D eigenvalue weighted by atomic mass is 16.5. The van der Waals surface area contributed by atoms with Gasteiger partial charge in [0.1, 0.15) is 11.5 Å². The number of benzene rings is 4. The summed E-state index contributed by atoms with van der Waals surface area (Å²) in [5, 5.41) is 13.2. The number of aliphatic hydroxyl groups excluding tert-OH is 1. The van der Waals surface area contributed by atoms with E-state index >= 15 is 0 Å². The molecule has 1 aliphatic heterocycles. The second kappa shape index (κ2) is 9.62. The third-order valence-electron chi connectivity index (χ3n) is 6.49. The number of esters is 1. The summed E-state index contributed by atoms with van der Waals surface area (Å²) in [6.07, 6.45) is 0. The Morgan fingerprint density at radius 3 is 2.19 bits per heavy atom. The Morgan fingerprint density at radius 2 is 1.51 bits per heavy atom. The molecule has 1 atom stereocenters. The summed E-state index contributed by atoms with van der Waals surface area (Å²) in [7, 11) is 2.83. The monoisotopic (exact) mass is 493 g/mol. The fraction of sp³-hybridized carbons (Fsp3) is 0.100. The molecule has 7 heteroatoms. The fourth-order valence-corrected chi connectivity index (χ4v) is 4.65. The van der Waals surface area contributed by atoms with Crippen LogP contribution in [-0.4, -0.2) is 37.0 Å².